The molecule has 6 nitrogen and oxygen atoms in total. The number of hydrogen-bond acceptors (Lipinski definition) is 7. The van der Waals surface area contributed by atoms with Crippen molar-refractivity contribution in [3.63, 3.8) is 0 Å². The summed E-state index contributed by atoms with van der Waals surface area (Å²) in [4.78, 5) is 21.5. The zero-order valence-corrected chi connectivity index (χ0v) is 16.2. The number of aliphatic imine (C=N–C) groups is 1. The zero-order chi connectivity index (χ0) is 19.6. The van der Waals surface area contributed by atoms with Gasteiger partial charge in [0.1, 0.15) is 0 Å². The highest BCUT2D eigenvalue weighted by Gasteiger charge is 2.21. The first kappa shape index (κ1) is 17.6. The molecule has 5 rings (SSSR count). The Balaban J connectivity index is 1.35. The van der Waals surface area contributed by atoms with E-state index in [1.165, 1.54) is 11.3 Å². The van der Waals surface area contributed by atoms with Crippen LogP contribution in [0.2, 0.25) is 0 Å². The molecule has 2 aromatic carbocycles. The van der Waals surface area contributed by atoms with Crippen LogP contribution in [0, 0.1) is 0 Å². The van der Waals surface area contributed by atoms with Gasteiger partial charge in [-0.15, -0.1) is 21.5 Å². The molecular weight excluding hydrogens is 384 g/mol. The van der Waals surface area contributed by atoms with Crippen LogP contribution in [0.25, 0.3) is 21.3 Å². The van der Waals surface area contributed by atoms with Crippen LogP contribution in [-0.4, -0.2) is 26.7 Å². The van der Waals surface area contributed by atoms with E-state index in [9.17, 15) is 4.79 Å². The molecule has 2 aromatic heterocycles. The quantitative estimate of drug-likeness (QED) is 0.431. The molecule has 4 aromatic rings. The Bertz CT molecular complexity index is 1250. The number of aromatic nitrogens is 3. The van der Waals surface area contributed by atoms with Crippen molar-refractivity contribution in [2.24, 2.45) is 4.99 Å². The number of nitrogens with zero attached hydrogens (tertiary/aromatic N) is 4. The van der Waals surface area contributed by atoms with Crippen LogP contribution in [-0.2, 0) is 6.42 Å². The topological polar surface area (TPSA) is 81.2 Å². The lowest BCUT2D eigenvalue weighted by Crippen LogP contribution is -2.00. The van der Waals surface area contributed by atoms with Crippen molar-refractivity contribution in [3.05, 3.63) is 77.6 Å². The molecule has 1 aliphatic heterocycles. The summed E-state index contributed by atoms with van der Waals surface area (Å²) in [6, 6.07) is 16.1. The molecule has 0 N–H and O–H groups in total. The standard InChI is InChI=1S/C22H16N4O2S/c27-20(21-26-25-19(28-21)11-9-16-7-4-12-23-16)22-24-17-10-8-15(13-18(17)29-22)14-5-2-1-3-6-14/h1-6,8,10,12-13H,7,9,11H2. The van der Waals surface area contributed by atoms with E-state index in [1.807, 2.05) is 36.4 Å². The lowest BCUT2D eigenvalue weighted by molar-refractivity contribution is 0.100. The summed E-state index contributed by atoms with van der Waals surface area (Å²) >= 11 is 1.34. The molecule has 0 unspecified atom stereocenters. The summed E-state index contributed by atoms with van der Waals surface area (Å²) in [6.45, 7) is 0. The van der Waals surface area contributed by atoms with Gasteiger partial charge in [-0.1, -0.05) is 42.5 Å². The number of benzene rings is 2. The van der Waals surface area contributed by atoms with Gasteiger partial charge in [0.15, 0.2) is 5.01 Å². The van der Waals surface area contributed by atoms with Crippen LogP contribution in [0.1, 0.15) is 34.4 Å². The van der Waals surface area contributed by atoms with Gasteiger partial charge in [0.2, 0.25) is 5.89 Å². The first-order valence-corrected chi connectivity index (χ1v) is 10.1. The van der Waals surface area contributed by atoms with Crippen molar-refractivity contribution in [1.29, 1.82) is 0 Å². The van der Waals surface area contributed by atoms with E-state index < -0.39 is 0 Å². The molecule has 29 heavy (non-hydrogen) atoms. The number of fused-ring (bicyclic) bond motifs is 1. The van der Waals surface area contributed by atoms with Gasteiger partial charge in [0, 0.05) is 24.8 Å². The number of aryl methyl sites for hydroxylation is 1. The first-order valence-electron chi connectivity index (χ1n) is 9.30. The van der Waals surface area contributed by atoms with Gasteiger partial charge in [-0.3, -0.25) is 9.79 Å². The summed E-state index contributed by atoms with van der Waals surface area (Å²) in [6.07, 6.45) is 5.98. The van der Waals surface area contributed by atoms with Crippen LogP contribution >= 0.6 is 11.3 Å². The second-order valence-corrected chi connectivity index (χ2v) is 7.71. The Morgan fingerprint density at radius 3 is 2.76 bits per heavy atom. The summed E-state index contributed by atoms with van der Waals surface area (Å²) in [7, 11) is 0. The lowest BCUT2D eigenvalue weighted by atomic mass is 10.1. The average Bonchev–Trinajstić information content (AvgIpc) is 3.52. The molecule has 0 saturated heterocycles. The molecule has 0 atom stereocenters. The number of carbonyl (C=O) groups is 1. The van der Waals surface area contributed by atoms with Crippen LogP contribution in [0.15, 0.2) is 70.2 Å². The molecule has 3 heterocycles. The van der Waals surface area contributed by atoms with E-state index in [-0.39, 0.29) is 11.7 Å². The number of rotatable bonds is 6. The third kappa shape index (κ3) is 3.64. The number of ketones is 1. The normalized spacial score (nSPS) is 13.2. The predicted molar refractivity (Wildman–Crippen MR) is 112 cm³/mol. The Morgan fingerprint density at radius 2 is 1.93 bits per heavy atom. The van der Waals surface area contributed by atoms with Crippen molar-refractivity contribution in [3.8, 4) is 11.1 Å². The average molecular weight is 400 g/mol. The summed E-state index contributed by atoms with van der Waals surface area (Å²) in [5.41, 5.74) is 4.07. The van der Waals surface area contributed by atoms with Crippen LogP contribution in [0.4, 0.5) is 0 Å². The molecule has 0 radical (unpaired) electrons. The second-order valence-electron chi connectivity index (χ2n) is 6.68. The highest BCUT2D eigenvalue weighted by molar-refractivity contribution is 7.20. The largest absolute Gasteiger partial charge is 0.418 e. The van der Waals surface area contributed by atoms with Gasteiger partial charge in [-0.25, -0.2) is 4.98 Å². The highest BCUT2D eigenvalue weighted by Crippen LogP contribution is 2.29. The Morgan fingerprint density at radius 1 is 1.03 bits per heavy atom. The summed E-state index contributed by atoms with van der Waals surface area (Å²) in [5, 5.41) is 8.27. The van der Waals surface area contributed by atoms with E-state index in [2.05, 4.69) is 38.4 Å². The minimum atomic E-state index is -0.342. The minimum Gasteiger partial charge on any atom is -0.418 e. The Hall–Kier alpha value is -3.45. The zero-order valence-electron chi connectivity index (χ0n) is 15.4. The van der Waals surface area contributed by atoms with Crippen molar-refractivity contribution in [1.82, 2.24) is 15.2 Å². The summed E-state index contributed by atoms with van der Waals surface area (Å²) < 4.78 is 6.51. The van der Waals surface area contributed by atoms with E-state index in [4.69, 9.17) is 4.42 Å². The molecule has 0 aliphatic carbocycles. The van der Waals surface area contributed by atoms with E-state index in [0.29, 0.717) is 17.3 Å². The fourth-order valence-electron chi connectivity index (χ4n) is 3.19. The van der Waals surface area contributed by atoms with Crippen molar-refractivity contribution in [2.45, 2.75) is 19.3 Å². The fraction of sp³-hybridized carbons (Fsp3) is 0.136. The SMILES string of the molecule is O=C(c1nnc(CCC2=NC=CC2)o1)c1nc2ccc(-c3ccccc3)cc2s1. The smallest absolute Gasteiger partial charge is 0.291 e. The third-order valence-corrected chi connectivity index (χ3v) is 5.71. The Labute approximate surface area is 170 Å². The van der Waals surface area contributed by atoms with Crippen LogP contribution in [0.3, 0.4) is 0 Å². The lowest BCUT2D eigenvalue weighted by Gasteiger charge is -2.00. The number of hydrogen-bond donors (Lipinski definition) is 0. The molecular formula is C22H16N4O2S. The molecule has 7 heteroatoms. The number of allylic oxidation sites excluding steroid dienone is 1. The van der Waals surface area contributed by atoms with E-state index >= 15 is 0 Å². The van der Waals surface area contributed by atoms with E-state index in [0.717, 1.165) is 39.9 Å². The molecule has 0 saturated carbocycles. The summed E-state index contributed by atoms with van der Waals surface area (Å²) in [5.74, 6) is 0.0790. The van der Waals surface area contributed by atoms with Gasteiger partial charge in [-0.2, -0.15) is 0 Å². The van der Waals surface area contributed by atoms with Gasteiger partial charge in [0.25, 0.3) is 11.7 Å². The maximum absolute atomic E-state index is 12.8. The molecule has 0 spiro atoms. The fourth-order valence-corrected chi connectivity index (χ4v) is 4.12. The number of carbonyl (C=O) groups excluding carboxylic acids is 1. The van der Waals surface area contributed by atoms with Crippen LogP contribution < -0.4 is 0 Å². The van der Waals surface area contributed by atoms with Gasteiger partial charge in [0.05, 0.1) is 10.2 Å². The maximum atomic E-state index is 12.8. The molecule has 0 fully saturated rings. The van der Waals surface area contributed by atoms with Crippen molar-refractivity contribution in [2.75, 3.05) is 0 Å². The molecule has 0 bridgehead atoms. The van der Waals surface area contributed by atoms with Gasteiger partial charge < -0.3 is 4.42 Å². The number of thiazole rings is 1. The third-order valence-electron chi connectivity index (χ3n) is 4.69. The molecule has 142 valence electrons. The minimum absolute atomic E-state index is 0.0196. The van der Waals surface area contributed by atoms with Gasteiger partial charge in [-0.05, 0) is 29.7 Å². The van der Waals surface area contributed by atoms with Crippen molar-refractivity contribution >= 4 is 33.0 Å². The monoisotopic (exact) mass is 400 g/mol. The Kier molecular flexibility index (Phi) is 4.57. The van der Waals surface area contributed by atoms with Crippen LogP contribution in [0.5, 0.6) is 0 Å². The molecule has 1 aliphatic rings. The first-order chi connectivity index (χ1) is 14.3. The van der Waals surface area contributed by atoms with Crippen molar-refractivity contribution < 1.29 is 9.21 Å². The predicted octanol–water partition coefficient (Wildman–Crippen LogP) is 4.87. The molecule has 0 amide bonds. The second kappa shape index (κ2) is 7.52. The van der Waals surface area contributed by atoms with Gasteiger partial charge >= 0.3 is 0 Å². The maximum Gasteiger partial charge on any atom is 0.291 e. The highest BCUT2D eigenvalue weighted by atomic mass is 32.1. The van der Waals surface area contributed by atoms with E-state index in [1.54, 1.807) is 6.20 Å².